The molecule has 1 N–H and O–H groups in total. The van der Waals surface area contributed by atoms with Crippen LogP contribution >= 0.6 is 12.6 Å². The molecule has 3 unspecified atom stereocenters. The minimum absolute atomic E-state index is 0.0478. The molecule has 0 aromatic heterocycles. The van der Waals surface area contributed by atoms with Crippen molar-refractivity contribution >= 4 is 12.6 Å². The molecule has 0 amide bonds. The Morgan fingerprint density at radius 1 is 0.889 bits per heavy atom. The van der Waals surface area contributed by atoms with Crippen LogP contribution in [0.15, 0.2) is 0 Å². The van der Waals surface area contributed by atoms with Gasteiger partial charge in [-0.25, -0.2) is 0 Å². The molecule has 0 spiro atoms. The average Bonchev–Trinajstić information content (AvgIpc) is 2.42. The van der Waals surface area contributed by atoms with Gasteiger partial charge in [0.2, 0.25) is 0 Å². The monoisotopic (exact) mass is 276 g/mol. The van der Waals surface area contributed by atoms with E-state index >= 15 is 0 Å². The van der Waals surface area contributed by atoms with Crippen molar-refractivity contribution < 1.29 is 5.11 Å². The highest BCUT2D eigenvalue weighted by molar-refractivity contribution is 7.81. The van der Waals surface area contributed by atoms with Gasteiger partial charge in [0.1, 0.15) is 0 Å². The lowest BCUT2D eigenvalue weighted by Gasteiger charge is -2.30. The van der Waals surface area contributed by atoms with Crippen LogP contribution in [0.2, 0.25) is 0 Å². The van der Waals surface area contributed by atoms with Crippen molar-refractivity contribution in [2.24, 2.45) is 5.92 Å². The SMILES string of the molecule is CCC1CC(O)CCC1S.CCCC.CCCC. The van der Waals surface area contributed by atoms with Crippen molar-refractivity contribution in [3.63, 3.8) is 0 Å². The Bertz CT molecular complexity index is 142. The summed E-state index contributed by atoms with van der Waals surface area (Å²) >= 11 is 4.47. The van der Waals surface area contributed by atoms with E-state index in [0.717, 1.165) is 25.7 Å². The standard InChI is InChI=1S/C8H16OS.2C4H10/c1-2-6-5-7(9)3-4-8(6)10;2*1-3-4-2/h6-10H,2-5H2,1H3;2*3-4H2,1-2H3. The van der Waals surface area contributed by atoms with Crippen molar-refractivity contribution in [2.75, 3.05) is 0 Å². The molecule has 0 saturated heterocycles. The molecule has 0 heterocycles. The lowest BCUT2D eigenvalue weighted by Crippen LogP contribution is -2.27. The largest absolute Gasteiger partial charge is 0.393 e. The van der Waals surface area contributed by atoms with Crippen LogP contribution in [-0.4, -0.2) is 16.5 Å². The highest BCUT2D eigenvalue weighted by atomic mass is 32.1. The number of unbranched alkanes of at least 4 members (excludes halogenated alkanes) is 2. The molecule has 112 valence electrons. The maximum atomic E-state index is 9.29. The zero-order chi connectivity index (χ0) is 14.4. The average molecular weight is 277 g/mol. The van der Waals surface area contributed by atoms with Crippen LogP contribution in [-0.2, 0) is 0 Å². The van der Waals surface area contributed by atoms with Crippen molar-refractivity contribution in [2.45, 2.75) is 97.3 Å². The van der Waals surface area contributed by atoms with Gasteiger partial charge in [0.05, 0.1) is 6.10 Å². The van der Waals surface area contributed by atoms with E-state index in [1.54, 1.807) is 0 Å². The minimum Gasteiger partial charge on any atom is -0.393 e. The number of hydrogen-bond donors (Lipinski definition) is 2. The lowest BCUT2D eigenvalue weighted by molar-refractivity contribution is 0.103. The molecule has 1 rings (SSSR count). The summed E-state index contributed by atoms with van der Waals surface area (Å²) in [6.07, 6.45) is 9.39. The summed E-state index contributed by atoms with van der Waals surface area (Å²) in [5, 5.41) is 9.83. The second-order valence-corrected chi connectivity index (χ2v) is 5.87. The van der Waals surface area contributed by atoms with E-state index in [1.165, 1.54) is 25.7 Å². The normalized spacial score (nSPS) is 26.5. The summed E-state index contributed by atoms with van der Waals surface area (Å²) in [5.41, 5.74) is 0. The minimum atomic E-state index is -0.0478. The molecule has 18 heavy (non-hydrogen) atoms. The topological polar surface area (TPSA) is 20.2 Å². The highest BCUT2D eigenvalue weighted by Gasteiger charge is 2.25. The van der Waals surface area contributed by atoms with Crippen LogP contribution < -0.4 is 0 Å². The van der Waals surface area contributed by atoms with Gasteiger partial charge in [0.25, 0.3) is 0 Å². The van der Waals surface area contributed by atoms with E-state index in [4.69, 9.17) is 0 Å². The molecule has 0 radical (unpaired) electrons. The van der Waals surface area contributed by atoms with Crippen molar-refractivity contribution in [3.05, 3.63) is 0 Å². The van der Waals surface area contributed by atoms with Gasteiger partial charge >= 0.3 is 0 Å². The van der Waals surface area contributed by atoms with Crippen LogP contribution in [0.5, 0.6) is 0 Å². The Kier molecular flexibility index (Phi) is 17.6. The maximum absolute atomic E-state index is 9.29. The molecule has 1 nitrogen and oxygen atoms in total. The fourth-order valence-corrected chi connectivity index (χ4v) is 2.14. The van der Waals surface area contributed by atoms with Crippen LogP contribution in [0.3, 0.4) is 0 Å². The van der Waals surface area contributed by atoms with Gasteiger partial charge in [0.15, 0.2) is 0 Å². The third kappa shape index (κ3) is 12.8. The van der Waals surface area contributed by atoms with Gasteiger partial charge in [0, 0.05) is 5.25 Å². The molecule has 1 saturated carbocycles. The summed E-state index contributed by atoms with van der Waals surface area (Å²) in [7, 11) is 0. The quantitative estimate of drug-likeness (QED) is 0.655. The Morgan fingerprint density at radius 3 is 1.61 bits per heavy atom. The molecule has 1 aliphatic rings. The molecule has 0 bridgehead atoms. The van der Waals surface area contributed by atoms with Gasteiger partial charge in [-0.15, -0.1) is 0 Å². The molecule has 0 aliphatic heterocycles. The van der Waals surface area contributed by atoms with Crippen LogP contribution in [0.4, 0.5) is 0 Å². The summed E-state index contributed by atoms with van der Waals surface area (Å²) in [6.45, 7) is 10.9. The first-order valence-electron chi connectivity index (χ1n) is 7.93. The van der Waals surface area contributed by atoms with Gasteiger partial charge in [-0.05, 0) is 25.2 Å². The molecule has 1 aliphatic carbocycles. The first-order chi connectivity index (χ1) is 8.56. The van der Waals surface area contributed by atoms with E-state index in [1.807, 2.05) is 0 Å². The van der Waals surface area contributed by atoms with Crippen LogP contribution in [0, 0.1) is 5.92 Å². The zero-order valence-electron chi connectivity index (χ0n) is 13.3. The Hall–Kier alpha value is 0.310. The first kappa shape index (κ1) is 20.6. The number of rotatable bonds is 3. The fourth-order valence-electron chi connectivity index (χ4n) is 1.66. The third-order valence-electron chi connectivity index (χ3n) is 3.44. The smallest absolute Gasteiger partial charge is 0.0543 e. The van der Waals surface area contributed by atoms with E-state index in [2.05, 4.69) is 47.2 Å². The molecule has 0 aromatic carbocycles. The van der Waals surface area contributed by atoms with Crippen molar-refractivity contribution in [1.29, 1.82) is 0 Å². The van der Waals surface area contributed by atoms with Gasteiger partial charge in [-0.2, -0.15) is 12.6 Å². The molecular weight excluding hydrogens is 240 g/mol. The van der Waals surface area contributed by atoms with Gasteiger partial charge < -0.3 is 5.11 Å². The van der Waals surface area contributed by atoms with Gasteiger partial charge in [-0.3, -0.25) is 0 Å². The fraction of sp³-hybridized carbons (Fsp3) is 1.00. The number of thiol groups is 1. The number of hydrogen-bond acceptors (Lipinski definition) is 2. The third-order valence-corrected chi connectivity index (χ3v) is 4.12. The van der Waals surface area contributed by atoms with Gasteiger partial charge in [-0.1, -0.05) is 66.7 Å². The Morgan fingerprint density at radius 2 is 1.33 bits per heavy atom. The Labute approximate surface area is 121 Å². The molecule has 0 aromatic rings. The second kappa shape index (κ2) is 15.4. The van der Waals surface area contributed by atoms with Crippen LogP contribution in [0.25, 0.3) is 0 Å². The van der Waals surface area contributed by atoms with Crippen molar-refractivity contribution in [1.82, 2.24) is 0 Å². The molecule has 3 atom stereocenters. The van der Waals surface area contributed by atoms with E-state index < -0.39 is 0 Å². The van der Waals surface area contributed by atoms with E-state index in [9.17, 15) is 5.11 Å². The summed E-state index contributed by atoms with van der Waals surface area (Å²) in [5.74, 6) is 0.645. The van der Waals surface area contributed by atoms with Crippen molar-refractivity contribution in [3.8, 4) is 0 Å². The summed E-state index contributed by atoms with van der Waals surface area (Å²) < 4.78 is 0. The predicted octanol–water partition coefficient (Wildman–Crippen LogP) is 5.47. The molecular formula is C16H36OS. The second-order valence-electron chi connectivity index (χ2n) is 5.20. The summed E-state index contributed by atoms with van der Waals surface area (Å²) in [6, 6.07) is 0. The predicted molar refractivity (Wildman–Crippen MR) is 87.6 cm³/mol. The molecule has 2 heteroatoms. The highest BCUT2D eigenvalue weighted by Crippen LogP contribution is 2.30. The Balaban J connectivity index is 0. The van der Waals surface area contributed by atoms with E-state index in [0.29, 0.717) is 11.2 Å². The zero-order valence-corrected chi connectivity index (χ0v) is 14.2. The molecule has 1 fully saturated rings. The number of aliphatic hydroxyl groups excluding tert-OH is 1. The number of aliphatic hydroxyl groups is 1. The summed E-state index contributed by atoms with van der Waals surface area (Å²) in [4.78, 5) is 0. The maximum Gasteiger partial charge on any atom is 0.0543 e. The first-order valence-corrected chi connectivity index (χ1v) is 8.44. The lowest BCUT2D eigenvalue weighted by atomic mass is 9.85. The van der Waals surface area contributed by atoms with Crippen LogP contribution in [0.1, 0.15) is 86.0 Å². The van der Waals surface area contributed by atoms with E-state index in [-0.39, 0.29) is 6.10 Å².